The van der Waals surface area contributed by atoms with E-state index in [4.69, 9.17) is 0 Å². The number of fused-ring (bicyclic) bond motifs is 1. The van der Waals surface area contributed by atoms with Crippen molar-refractivity contribution in [2.24, 2.45) is 0 Å². The molecule has 0 unspecified atom stereocenters. The van der Waals surface area contributed by atoms with Crippen LogP contribution >= 0.6 is 0 Å². The Morgan fingerprint density at radius 3 is 2.43 bits per heavy atom. The second kappa shape index (κ2) is 8.34. The number of carbonyl (C=O) groups excluding carboxylic acids is 2. The van der Waals surface area contributed by atoms with Crippen LogP contribution in [0, 0.1) is 13.8 Å². The van der Waals surface area contributed by atoms with Crippen molar-refractivity contribution in [2.75, 3.05) is 31.1 Å². The highest BCUT2D eigenvalue weighted by Crippen LogP contribution is 2.33. The quantitative estimate of drug-likeness (QED) is 0.780. The van der Waals surface area contributed by atoms with Gasteiger partial charge in [-0.1, -0.05) is 36.4 Å². The predicted octanol–water partition coefficient (Wildman–Crippen LogP) is 3.92. The number of nitrogens with zero attached hydrogens (tertiary/aromatic N) is 3. The zero-order valence-corrected chi connectivity index (χ0v) is 18.0. The van der Waals surface area contributed by atoms with Crippen LogP contribution < -0.4 is 4.90 Å². The molecule has 2 aromatic rings. The number of hydrogen-bond donors (Lipinski definition) is 0. The van der Waals surface area contributed by atoms with Gasteiger partial charge in [0.15, 0.2) is 0 Å². The number of carbonyl (C=O) groups is 2. The van der Waals surface area contributed by atoms with Gasteiger partial charge in [0.1, 0.15) is 0 Å². The van der Waals surface area contributed by atoms with Gasteiger partial charge in [-0.3, -0.25) is 9.59 Å². The zero-order chi connectivity index (χ0) is 21.3. The van der Waals surface area contributed by atoms with Crippen molar-refractivity contribution in [1.29, 1.82) is 0 Å². The highest BCUT2D eigenvalue weighted by atomic mass is 16.2. The Morgan fingerprint density at radius 1 is 0.967 bits per heavy atom. The molecule has 156 valence electrons. The third-order valence-electron chi connectivity index (χ3n) is 6.39. The molecule has 1 fully saturated rings. The van der Waals surface area contributed by atoms with Gasteiger partial charge in [-0.2, -0.15) is 0 Å². The molecule has 1 saturated heterocycles. The van der Waals surface area contributed by atoms with Crippen LogP contribution in [0.15, 0.2) is 48.7 Å². The fourth-order valence-electron chi connectivity index (χ4n) is 4.48. The maximum absolute atomic E-state index is 13.2. The van der Waals surface area contributed by atoms with Crippen LogP contribution in [-0.4, -0.2) is 47.8 Å². The number of anilines is 1. The van der Waals surface area contributed by atoms with Gasteiger partial charge in [0, 0.05) is 45.0 Å². The van der Waals surface area contributed by atoms with Crippen molar-refractivity contribution in [1.82, 2.24) is 9.80 Å². The Kier molecular flexibility index (Phi) is 5.62. The van der Waals surface area contributed by atoms with Crippen LogP contribution in [0.5, 0.6) is 0 Å². The summed E-state index contributed by atoms with van der Waals surface area (Å²) < 4.78 is 0. The van der Waals surface area contributed by atoms with E-state index in [1.54, 1.807) is 18.0 Å². The molecule has 0 radical (unpaired) electrons. The Bertz CT molecular complexity index is 990. The van der Waals surface area contributed by atoms with Crippen molar-refractivity contribution in [2.45, 2.75) is 33.2 Å². The number of piperazine rings is 1. The van der Waals surface area contributed by atoms with E-state index in [9.17, 15) is 9.59 Å². The molecule has 1 atom stereocenters. The molecule has 0 saturated carbocycles. The van der Waals surface area contributed by atoms with Gasteiger partial charge in [-0.15, -0.1) is 0 Å². The van der Waals surface area contributed by atoms with Gasteiger partial charge < -0.3 is 14.7 Å². The maximum atomic E-state index is 13.2. The minimum atomic E-state index is -0.242. The summed E-state index contributed by atoms with van der Waals surface area (Å²) in [5.41, 5.74) is 5.97. The first kappa shape index (κ1) is 20.2. The van der Waals surface area contributed by atoms with Crippen LogP contribution in [-0.2, 0) is 9.59 Å². The van der Waals surface area contributed by atoms with Crippen LogP contribution in [0.3, 0.4) is 0 Å². The summed E-state index contributed by atoms with van der Waals surface area (Å²) in [5, 5.41) is 0. The fraction of sp³-hybridized carbons (Fsp3) is 0.360. The molecule has 0 bridgehead atoms. The summed E-state index contributed by atoms with van der Waals surface area (Å²) in [6.45, 7) is 8.91. The van der Waals surface area contributed by atoms with E-state index in [1.165, 1.54) is 16.8 Å². The average molecular weight is 404 g/mol. The molecule has 2 aliphatic rings. The van der Waals surface area contributed by atoms with Gasteiger partial charge in [0.05, 0.1) is 12.5 Å². The largest absolute Gasteiger partial charge is 0.368 e. The number of hydrogen-bond acceptors (Lipinski definition) is 3. The van der Waals surface area contributed by atoms with Gasteiger partial charge in [-0.05, 0) is 48.2 Å². The van der Waals surface area contributed by atoms with Crippen molar-refractivity contribution >= 4 is 23.6 Å². The van der Waals surface area contributed by atoms with E-state index in [2.05, 4.69) is 36.9 Å². The second-order valence-electron chi connectivity index (χ2n) is 8.18. The fourth-order valence-corrected chi connectivity index (χ4v) is 4.48. The summed E-state index contributed by atoms with van der Waals surface area (Å²) in [7, 11) is 0. The SMILES string of the molecule is CC(=O)N1C=Cc2ccccc2[C@@H]1CC(=O)N1CCN(c2cccc(C)c2C)CC1. The smallest absolute Gasteiger partial charge is 0.225 e. The normalized spacial score (nSPS) is 18.4. The monoisotopic (exact) mass is 403 g/mol. The van der Waals surface area contributed by atoms with Crippen molar-refractivity contribution in [3.8, 4) is 0 Å². The first-order chi connectivity index (χ1) is 14.5. The lowest BCUT2D eigenvalue weighted by Crippen LogP contribution is -2.49. The summed E-state index contributed by atoms with van der Waals surface area (Å²) in [6, 6.07) is 14.2. The molecule has 30 heavy (non-hydrogen) atoms. The van der Waals surface area contributed by atoms with E-state index in [0.29, 0.717) is 19.5 Å². The Hall–Kier alpha value is -3.08. The van der Waals surface area contributed by atoms with Gasteiger partial charge in [-0.25, -0.2) is 0 Å². The topological polar surface area (TPSA) is 43.9 Å². The third-order valence-corrected chi connectivity index (χ3v) is 6.39. The van der Waals surface area contributed by atoms with Gasteiger partial charge in [0.2, 0.25) is 11.8 Å². The molecule has 0 aliphatic carbocycles. The number of benzene rings is 2. The summed E-state index contributed by atoms with van der Waals surface area (Å²) in [4.78, 5) is 31.3. The first-order valence-corrected chi connectivity index (χ1v) is 10.6. The molecule has 2 amide bonds. The zero-order valence-electron chi connectivity index (χ0n) is 18.0. The standard InChI is InChI=1S/C25H29N3O2/c1-18-7-6-10-23(19(18)2)26-13-15-27(16-14-26)25(30)17-24-22-9-5-4-8-21(22)11-12-28(24)20(3)29/h4-12,24H,13-17H2,1-3H3/t24-/m0/s1. The second-order valence-corrected chi connectivity index (χ2v) is 8.18. The van der Waals surface area contributed by atoms with Crippen LogP contribution in [0.25, 0.3) is 6.08 Å². The van der Waals surface area contributed by atoms with E-state index in [0.717, 1.165) is 24.2 Å². The molecule has 2 heterocycles. The average Bonchev–Trinajstić information content (AvgIpc) is 2.76. The highest BCUT2D eigenvalue weighted by molar-refractivity contribution is 5.82. The van der Waals surface area contributed by atoms with E-state index >= 15 is 0 Å². The van der Waals surface area contributed by atoms with Crippen molar-refractivity contribution < 1.29 is 9.59 Å². The van der Waals surface area contributed by atoms with Gasteiger partial charge in [0.25, 0.3) is 0 Å². The van der Waals surface area contributed by atoms with Crippen LogP contribution in [0.2, 0.25) is 0 Å². The van der Waals surface area contributed by atoms with Crippen molar-refractivity contribution in [3.63, 3.8) is 0 Å². The molecular formula is C25H29N3O2. The Morgan fingerprint density at radius 2 is 1.70 bits per heavy atom. The molecule has 0 N–H and O–H groups in total. The molecule has 0 aromatic heterocycles. The summed E-state index contributed by atoms with van der Waals surface area (Å²) in [5.74, 6) is 0.0651. The Balaban J connectivity index is 1.45. The predicted molar refractivity (Wildman–Crippen MR) is 120 cm³/mol. The maximum Gasteiger partial charge on any atom is 0.225 e. The minimum absolute atomic E-state index is 0.0432. The molecule has 0 spiro atoms. The molecule has 2 aromatic carbocycles. The van der Waals surface area contributed by atoms with E-state index in [-0.39, 0.29) is 17.9 Å². The number of aryl methyl sites for hydroxylation is 1. The molecule has 5 heteroatoms. The summed E-state index contributed by atoms with van der Waals surface area (Å²) >= 11 is 0. The number of rotatable bonds is 3. The molecule has 2 aliphatic heterocycles. The molecule has 5 nitrogen and oxygen atoms in total. The first-order valence-electron chi connectivity index (χ1n) is 10.6. The summed E-state index contributed by atoms with van der Waals surface area (Å²) in [6.07, 6.45) is 4.06. The third kappa shape index (κ3) is 3.84. The number of amides is 2. The lowest BCUT2D eigenvalue weighted by atomic mass is 9.93. The van der Waals surface area contributed by atoms with Crippen LogP contribution in [0.4, 0.5) is 5.69 Å². The van der Waals surface area contributed by atoms with E-state index < -0.39 is 0 Å². The van der Waals surface area contributed by atoms with Crippen LogP contribution in [0.1, 0.15) is 41.6 Å². The Labute approximate surface area is 178 Å². The van der Waals surface area contributed by atoms with Gasteiger partial charge >= 0.3 is 0 Å². The van der Waals surface area contributed by atoms with E-state index in [1.807, 2.05) is 35.2 Å². The molecule has 4 rings (SSSR count). The molecular weight excluding hydrogens is 374 g/mol. The highest BCUT2D eigenvalue weighted by Gasteiger charge is 2.31. The lowest BCUT2D eigenvalue weighted by Gasteiger charge is -2.39. The minimum Gasteiger partial charge on any atom is -0.368 e. The lowest BCUT2D eigenvalue weighted by molar-refractivity contribution is -0.134. The van der Waals surface area contributed by atoms with Crippen molar-refractivity contribution in [3.05, 3.63) is 70.9 Å².